The minimum Gasteiger partial charge on any atom is -0.367 e. The van der Waals surface area contributed by atoms with Crippen LogP contribution in [0.4, 0.5) is 5.69 Å². The molecule has 2 heterocycles. The molecule has 1 saturated heterocycles. The summed E-state index contributed by atoms with van der Waals surface area (Å²) in [5.74, 6) is 0.0849. The number of aryl methyl sites for hydroxylation is 1. The van der Waals surface area contributed by atoms with Crippen LogP contribution in [0.15, 0.2) is 36.7 Å². The highest BCUT2D eigenvalue weighted by Crippen LogP contribution is 2.23. The van der Waals surface area contributed by atoms with Crippen molar-refractivity contribution in [2.75, 3.05) is 24.5 Å². The Hall–Kier alpha value is -2.01. The van der Waals surface area contributed by atoms with Crippen LogP contribution in [0.25, 0.3) is 0 Å². The highest BCUT2D eigenvalue weighted by molar-refractivity contribution is 6.30. The highest BCUT2D eigenvalue weighted by Gasteiger charge is 2.28. The quantitative estimate of drug-likeness (QED) is 0.867. The monoisotopic (exact) mass is 332 g/mol. The Kier molecular flexibility index (Phi) is 4.57. The summed E-state index contributed by atoms with van der Waals surface area (Å²) >= 11 is 5.85. The fourth-order valence-electron chi connectivity index (χ4n) is 3.12. The molecule has 0 bridgehead atoms. The predicted molar refractivity (Wildman–Crippen MR) is 91.8 cm³/mol. The van der Waals surface area contributed by atoms with Gasteiger partial charge in [-0.15, -0.1) is 0 Å². The van der Waals surface area contributed by atoms with Crippen molar-refractivity contribution in [1.29, 1.82) is 0 Å². The van der Waals surface area contributed by atoms with Gasteiger partial charge in [-0.25, -0.2) is 0 Å². The van der Waals surface area contributed by atoms with Crippen LogP contribution in [-0.4, -0.2) is 46.3 Å². The molecule has 1 aliphatic heterocycles. The van der Waals surface area contributed by atoms with Gasteiger partial charge in [0.05, 0.1) is 11.2 Å². The molecule has 3 rings (SSSR count). The summed E-state index contributed by atoms with van der Waals surface area (Å²) in [6, 6.07) is 8.55. The van der Waals surface area contributed by atoms with Gasteiger partial charge in [-0.1, -0.05) is 29.8 Å². The Bertz CT molecular complexity index is 699. The zero-order chi connectivity index (χ0) is 16.4. The van der Waals surface area contributed by atoms with Crippen molar-refractivity contribution in [2.24, 2.45) is 0 Å². The van der Waals surface area contributed by atoms with E-state index < -0.39 is 0 Å². The molecule has 1 atom stereocenters. The lowest BCUT2D eigenvalue weighted by Gasteiger charge is -2.41. The number of aromatic nitrogens is 2. The van der Waals surface area contributed by atoms with Crippen molar-refractivity contribution in [3.8, 4) is 0 Å². The molecule has 1 aromatic carbocycles. The molecule has 0 radical (unpaired) electrons. The summed E-state index contributed by atoms with van der Waals surface area (Å²) in [7, 11) is 0. The van der Waals surface area contributed by atoms with Crippen LogP contribution in [-0.2, 0) is 11.3 Å². The topological polar surface area (TPSA) is 41.4 Å². The molecule has 122 valence electrons. The van der Waals surface area contributed by atoms with E-state index in [0.29, 0.717) is 5.02 Å². The maximum absolute atomic E-state index is 12.5. The van der Waals surface area contributed by atoms with E-state index in [-0.39, 0.29) is 18.5 Å². The van der Waals surface area contributed by atoms with E-state index in [1.54, 1.807) is 17.1 Å². The van der Waals surface area contributed by atoms with Crippen LogP contribution in [0.5, 0.6) is 0 Å². The van der Waals surface area contributed by atoms with E-state index in [1.807, 2.05) is 4.90 Å². The standard InChI is InChI=1S/C17H21ClN4O/c1-13-5-3-4-6-16(13)20-7-8-22(14(2)10-20)17(23)12-21-11-15(18)9-19-21/h3-6,9,11,14H,7-8,10,12H2,1-2H3/t14-/m0/s1. The molecule has 1 amide bonds. The van der Waals surface area contributed by atoms with Crippen LogP contribution >= 0.6 is 11.6 Å². The third kappa shape index (κ3) is 3.50. The van der Waals surface area contributed by atoms with Crippen molar-refractivity contribution in [2.45, 2.75) is 26.4 Å². The Morgan fingerprint density at radius 3 is 2.78 bits per heavy atom. The minimum atomic E-state index is 0.0849. The highest BCUT2D eigenvalue weighted by atomic mass is 35.5. The summed E-state index contributed by atoms with van der Waals surface area (Å²) < 4.78 is 1.59. The van der Waals surface area contributed by atoms with Gasteiger partial charge in [0.15, 0.2) is 0 Å². The lowest BCUT2D eigenvalue weighted by molar-refractivity contribution is -0.134. The predicted octanol–water partition coefficient (Wildman–Crippen LogP) is 2.58. The second-order valence-electron chi connectivity index (χ2n) is 6.02. The lowest BCUT2D eigenvalue weighted by atomic mass is 10.1. The minimum absolute atomic E-state index is 0.0849. The third-order valence-electron chi connectivity index (χ3n) is 4.30. The molecule has 23 heavy (non-hydrogen) atoms. The second kappa shape index (κ2) is 6.62. The van der Waals surface area contributed by atoms with E-state index in [0.717, 1.165) is 19.6 Å². The smallest absolute Gasteiger partial charge is 0.244 e. The van der Waals surface area contributed by atoms with Crippen molar-refractivity contribution >= 4 is 23.2 Å². The van der Waals surface area contributed by atoms with Crippen molar-refractivity contribution < 1.29 is 4.79 Å². The first-order chi connectivity index (χ1) is 11.0. The summed E-state index contributed by atoms with van der Waals surface area (Å²) in [6.07, 6.45) is 3.22. The van der Waals surface area contributed by atoms with Gasteiger partial charge >= 0.3 is 0 Å². The number of rotatable bonds is 3. The molecule has 0 unspecified atom stereocenters. The molecular weight excluding hydrogens is 312 g/mol. The van der Waals surface area contributed by atoms with Gasteiger partial charge in [0.2, 0.25) is 5.91 Å². The molecule has 0 N–H and O–H groups in total. The number of amides is 1. The van der Waals surface area contributed by atoms with E-state index in [2.05, 4.69) is 48.1 Å². The van der Waals surface area contributed by atoms with Gasteiger partial charge < -0.3 is 9.80 Å². The summed E-state index contributed by atoms with van der Waals surface area (Å²) in [5, 5.41) is 4.63. The number of hydrogen-bond donors (Lipinski definition) is 0. The van der Waals surface area contributed by atoms with Crippen molar-refractivity contribution in [1.82, 2.24) is 14.7 Å². The average Bonchev–Trinajstić information content (AvgIpc) is 2.92. The van der Waals surface area contributed by atoms with E-state index in [1.165, 1.54) is 11.3 Å². The van der Waals surface area contributed by atoms with Gasteiger partial charge in [0.25, 0.3) is 0 Å². The Labute approximate surface area is 141 Å². The number of nitrogens with zero attached hydrogens (tertiary/aromatic N) is 4. The van der Waals surface area contributed by atoms with Gasteiger partial charge in [0, 0.05) is 37.6 Å². The van der Waals surface area contributed by atoms with E-state index in [9.17, 15) is 4.79 Å². The number of piperazine rings is 1. The van der Waals surface area contributed by atoms with Crippen LogP contribution in [0.1, 0.15) is 12.5 Å². The number of anilines is 1. The van der Waals surface area contributed by atoms with E-state index in [4.69, 9.17) is 11.6 Å². The van der Waals surface area contributed by atoms with Crippen LogP contribution in [0.3, 0.4) is 0 Å². The summed E-state index contributed by atoms with van der Waals surface area (Å²) in [4.78, 5) is 16.8. The molecule has 1 aliphatic rings. The first-order valence-corrected chi connectivity index (χ1v) is 8.20. The summed E-state index contributed by atoms with van der Waals surface area (Å²) in [5.41, 5.74) is 2.52. The number of carbonyl (C=O) groups excluding carboxylic acids is 1. The van der Waals surface area contributed by atoms with Crippen molar-refractivity contribution in [3.63, 3.8) is 0 Å². The van der Waals surface area contributed by atoms with Crippen LogP contribution in [0.2, 0.25) is 5.02 Å². The Morgan fingerprint density at radius 1 is 1.35 bits per heavy atom. The first-order valence-electron chi connectivity index (χ1n) is 7.82. The van der Waals surface area contributed by atoms with Crippen LogP contribution < -0.4 is 4.90 Å². The average molecular weight is 333 g/mol. The Balaban J connectivity index is 1.64. The van der Waals surface area contributed by atoms with Gasteiger partial charge in [0.1, 0.15) is 6.54 Å². The number of benzene rings is 1. The fraction of sp³-hybridized carbons (Fsp3) is 0.412. The van der Waals surface area contributed by atoms with E-state index >= 15 is 0 Å². The molecule has 0 spiro atoms. The largest absolute Gasteiger partial charge is 0.367 e. The zero-order valence-electron chi connectivity index (χ0n) is 13.4. The molecular formula is C17H21ClN4O. The second-order valence-corrected chi connectivity index (χ2v) is 6.46. The molecule has 6 heteroatoms. The number of hydrogen-bond acceptors (Lipinski definition) is 3. The molecule has 0 aliphatic carbocycles. The fourth-order valence-corrected chi connectivity index (χ4v) is 3.28. The summed E-state index contributed by atoms with van der Waals surface area (Å²) in [6.45, 7) is 6.87. The molecule has 0 saturated carbocycles. The number of halogens is 1. The first kappa shape index (κ1) is 15.9. The molecule has 1 fully saturated rings. The Morgan fingerprint density at radius 2 is 2.13 bits per heavy atom. The lowest BCUT2D eigenvalue weighted by Crippen LogP contribution is -2.55. The number of carbonyl (C=O) groups is 1. The molecule has 1 aromatic heterocycles. The zero-order valence-corrected chi connectivity index (χ0v) is 14.2. The van der Waals surface area contributed by atoms with Gasteiger partial charge in [-0.05, 0) is 25.5 Å². The number of para-hydroxylation sites is 1. The normalized spacial score (nSPS) is 18.3. The van der Waals surface area contributed by atoms with Crippen LogP contribution in [0, 0.1) is 6.92 Å². The molecule has 5 nitrogen and oxygen atoms in total. The van der Waals surface area contributed by atoms with Gasteiger partial charge in [-0.3, -0.25) is 9.48 Å². The van der Waals surface area contributed by atoms with Crippen molar-refractivity contribution in [3.05, 3.63) is 47.2 Å². The SMILES string of the molecule is Cc1ccccc1N1CCN(C(=O)Cn2cc(Cl)cn2)[C@@H](C)C1. The molecule has 2 aromatic rings. The maximum Gasteiger partial charge on any atom is 0.244 e. The van der Waals surface area contributed by atoms with Gasteiger partial charge in [-0.2, -0.15) is 5.10 Å². The third-order valence-corrected chi connectivity index (χ3v) is 4.50. The maximum atomic E-state index is 12.5.